The molecule has 0 aliphatic carbocycles. The molecular formula is C15H17N3O3. The quantitative estimate of drug-likeness (QED) is 0.509. The molecule has 6 nitrogen and oxygen atoms in total. The fraction of sp³-hybridized carbons (Fsp3) is 0.333. The molecule has 1 N–H and O–H groups in total. The van der Waals surface area contributed by atoms with Crippen LogP contribution in [0.15, 0.2) is 35.3 Å². The molecule has 1 unspecified atom stereocenters. The van der Waals surface area contributed by atoms with E-state index in [1.54, 1.807) is 30.3 Å². The van der Waals surface area contributed by atoms with Gasteiger partial charge in [-0.1, -0.05) is 31.5 Å². The van der Waals surface area contributed by atoms with Crippen LogP contribution in [-0.2, 0) is 9.59 Å². The molecule has 21 heavy (non-hydrogen) atoms. The lowest BCUT2D eigenvalue weighted by atomic mass is 10.1. The maximum absolute atomic E-state index is 12.4. The number of benzene rings is 1. The summed E-state index contributed by atoms with van der Waals surface area (Å²) in [5, 5.41) is 2.19. The highest BCUT2D eigenvalue weighted by Gasteiger charge is 2.40. The van der Waals surface area contributed by atoms with E-state index in [1.165, 1.54) is 6.21 Å². The van der Waals surface area contributed by atoms with E-state index >= 15 is 0 Å². The number of urea groups is 1. The third-order valence-electron chi connectivity index (χ3n) is 3.11. The van der Waals surface area contributed by atoms with Gasteiger partial charge in [0.1, 0.15) is 0 Å². The molecule has 1 atom stereocenters. The molecule has 0 spiro atoms. The fourth-order valence-electron chi connectivity index (χ4n) is 1.97. The summed E-state index contributed by atoms with van der Waals surface area (Å²) in [6.45, 7) is 2.59. The molecule has 6 heteroatoms. The second-order valence-corrected chi connectivity index (χ2v) is 4.69. The molecule has 1 heterocycles. The molecule has 2 rings (SSSR count). The maximum Gasteiger partial charge on any atom is 0.335 e. The minimum absolute atomic E-state index is 0.430. The summed E-state index contributed by atoms with van der Waals surface area (Å²) in [7, 11) is 0. The number of amides is 4. The highest BCUT2D eigenvalue weighted by molar-refractivity contribution is 6.32. The second-order valence-electron chi connectivity index (χ2n) is 4.69. The molecule has 1 aliphatic rings. The molecule has 0 saturated carbocycles. The Hall–Kier alpha value is -2.50. The Balaban J connectivity index is 2.20. The predicted molar refractivity (Wildman–Crippen MR) is 79.2 cm³/mol. The Kier molecular flexibility index (Phi) is 4.81. The minimum Gasteiger partial charge on any atom is -0.296 e. The van der Waals surface area contributed by atoms with E-state index in [0.717, 1.165) is 17.7 Å². The van der Waals surface area contributed by atoms with Crippen molar-refractivity contribution in [2.24, 2.45) is 10.9 Å². The van der Waals surface area contributed by atoms with Gasteiger partial charge < -0.3 is 0 Å². The first-order chi connectivity index (χ1) is 10.1. The van der Waals surface area contributed by atoms with Crippen molar-refractivity contribution in [1.29, 1.82) is 0 Å². The van der Waals surface area contributed by atoms with Crippen LogP contribution < -0.4 is 10.2 Å². The maximum atomic E-state index is 12.4. The molecular weight excluding hydrogens is 270 g/mol. The zero-order valence-electron chi connectivity index (χ0n) is 11.8. The average molecular weight is 287 g/mol. The van der Waals surface area contributed by atoms with Crippen molar-refractivity contribution in [3.63, 3.8) is 0 Å². The third kappa shape index (κ3) is 3.34. The molecule has 1 aliphatic heterocycles. The van der Waals surface area contributed by atoms with E-state index in [-0.39, 0.29) is 0 Å². The first-order valence-electron chi connectivity index (χ1n) is 6.89. The van der Waals surface area contributed by atoms with Gasteiger partial charge in [0.05, 0.1) is 5.69 Å². The van der Waals surface area contributed by atoms with Crippen molar-refractivity contribution in [2.75, 3.05) is 11.4 Å². The number of nitrogens with zero attached hydrogens (tertiary/aromatic N) is 2. The summed E-state index contributed by atoms with van der Waals surface area (Å²) in [4.78, 5) is 41.1. The second kappa shape index (κ2) is 6.78. The highest BCUT2D eigenvalue weighted by atomic mass is 16.2. The third-order valence-corrected chi connectivity index (χ3v) is 3.11. The van der Waals surface area contributed by atoms with Crippen LogP contribution in [0.5, 0.6) is 0 Å². The van der Waals surface area contributed by atoms with Gasteiger partial charge in [-0.2, -0.15) is 0 Å². The average Bonchev–Trinajstić information content (AvgIpc) is 2.47. The fourth-order valence-corrected chi connectivity index (χ4v) is 1.97. The highest BCUT2D eigenvalue weighted by Crippen LogP contribution is 2.19. The number of hydrogen-bond acceptors (Lipinski definition) is 4. The Bertz CT molecular complexity index is 569. The smallest absolute Gasteiger partial charge is 0.296 e. The number of unbranched alkanes of at least 4 members (excludes halogenated alkanes) is 1. The van der Waals surface area contributed by atoms with Crippen LogP contribution in [0.2, 0.25) is 0 Å². The van der Waals surface area contributed by atoms with Gasteiger partial charge in [0.25, 0.3) is 5.91 Å². The lowest BCUT2D eigenvalue weighted by Crippen LogP contribution is -2.58. The summed E-state index contributed by atoms with van der Waals surface area (Å²) in [5.41, 5.74) is 0.430. The normalized spacial score (nSPS) is 19.2. The number of carbonyl (C=O) groups is 3. The van der Waals surface area contributed by atoms with E-state index in [9.17, 15) is 14.4 Å². The number of anilines is 1. The molecule has 0 bridgehead atoms. The van der Waals surface area contributed by atoms with Gasteiger partial charge in [0.2, 0.25) is 5.91 Å². The molecule has 1 saturated heterocycles. The summed E-state index contributed by atoms with van der Waals surface area (Å²) in [5.74, 6) is -2.26. The van der Waals surface area contributed by atoms with Gasteiger partial charge in [-0.15, -0.1) is 0 Å². The Morgan fingerprint density at radius 1 is 1.24 bits per heavy atom. The molecule has 1 aromatic carbocycles. The van der Waals surface area contributed by atoms with Crippen LogP contribution in [-0.4, -0.2) is 30.6 Å². The molecule has 0 radical (unpaired) electrons. The van der Waals surface area contributed by atoms with Crippen molar-refractivity contribution in [1.82, 2.24) is 5.32 Å². The SMILES string of the molecule is CCCCN=CC1C(=O)NC(=O)N(c2ccccc2)C1=O. The Morgan fingerprint density at radius 2 is 1.95 bits per heavy atom. The van der Waals surface area contributed by atoms with Crippen LogP contribution in [0, 0.1) is 5.92 Å². The van der Waals surface area contributed by atoms with Gasteiger partial charge >= 0.3 is 6.03 Å². The van der Waals surface area contributed by atoms with Gasteiger partial charge in [-0.05, 0) is 18.6 Å². The van der Waals surface area contributed by atoms with Gasteiger partial charge in [0.15, 0.2) is 5.92 Å². The lowest BCUT2D eigenvalue weighted by Gasteiger charge is -2.28. The molecule has 1 aromatic rings. The Morgan fingerprint density at radius 3 is 2.62 bits per heavy atom. The zero-order chi connectivity index (χ0) is 15.2. The van der Waals surface area contributed by atoms with Crippen LogP contribution >= 0.6 is 0 Å². The number of rotatable bonds is 5. The van der Waals surface area contributed by atoms with E-state index in [2.05, 4.69) is 10.3 Å². The van der Waals surface area contributed by atoms with Crippen LogP contribution in [0.25, 0.3) is 0 Å². The summed E-state index contributed by atoms with van der Waals surface area (Å²) in [6.07, 6.45) is 3.20. The van der Waals surface area contributed by atoms with Gasteiger partial charge in [0, 0.05) is 12.8 Å². The van der Waals surface area contributed by atoms with Crippen LogP contribution in [0.1, 0.15) is 19.8 Å². The molecule has 1 fully saturated rings. The number of aliphatic imine (C=N–C) groups is 1. The number of barbiturate groups is 1. The van der Waals surface area contributed by atoms with E-state index in [4.69, 9.17) is 0 Å². The topological polar surface area (TPSA) is 78.8 Å². The van der Waals surface area contributed by atoms with E-state index in [1.807, 2.05) is 6.92 Å². The Labute approximate surface area is 122 Å². The van der Waals surface area contributed by atoms with E-state index in [0.29, 0.717) is 12.2 Å². The predicted octanol–water partition coefficient (Wildman–Crippen LogP) is 1.76. The van der Waals surface area contributed by atoms with Crippen molar-refractivity contribution in [3.05, 3.63) is 30.3 Å². The number of para-hydroxylation sites is 1. The van der Waals surface area contributed by atoms with E-state index < -0.39 is 23.8 Å². The largest absolute Gasteiger partial charge is 0.335 e. The number of carbonyl (C=O) groups excluding carboxylic acids is 3. The standard InChI is InChI=1S/C15H17N3O3/c1-2-3-9-16-10-12-13(19)17-15(21)18(14(12)20)11-7-5-4-6-8-11/h4-8,10,12H,2-3,9H2,1H3,(H,17,19,21). The van der Waals surface area contributed by atoms with Crippen molar-refractivity contribution in [3.8, 4) is 0 Å². The molecule has 110 valence electrons. The summed E-state index contributed by atoms with van der Waals surface area (Å²) >= 11 is 0. The zero-order valence-corrected chi connectivity index (χ0v) is 11.8. The molecule has 0 aromatic heterocycles. The van der Waals surface area contributed by atoms with Crippen molar-refractivity contribution in [2.45, 2.75) is 19.8 Å². The van der Waals surface area contributed by atoms with Gasteiger partial charge in [-0.25, -0.2) is 9.69 Å². The summed E-state index contributed by atoms with van der Waals surface area (Å²) in [6, 6.07) is 7.77. The van der Waals surface area contributed by atoms with Crippen molar-refractivity contribution < 1.29 is 14.4 Å². The molecule has 4 amide bonds. The monoisotopic (exact) mass is 287 g/mol. The first-order valence-corrected chi connectivity index (χ1v) is 6.89. The first kappa shape index (κ1) is 14.9. The lowest BCUT2D eigenvalue weighted by molar-refractivity contribution is -0.131. The number of imide groups is 2. The van der Waals surface area contributed by atoms with Crippen LogP contribution in [0.4, 0.5) is 10.5 Å². The number of nitrogens with one attached hydrogen (secondary N) is 1. The van der Waals surface area contributed by atoms with Gasteiger partial charge in [-0.3, -0.25) is 19.9 Å². The minimum atomic E-state index is -1.06. The van der Waals surface area contributed by atoms with Crippen molar-refractivity contribution >= 4 is 29.7 Å². The number of hydrogen-bond donors (Lipinski definition) is 1. The summed E-state index contributed by atoms with van der Waals surface area (Å²) < 4.78 is 0. The van der Waals surface area contributed by atoms with Crippen LogP contribution in [0.3, 0.4) is 0 Å².